The molecule has 686 valence electrons. The summed E-state index contributed by atoms with van der Waals surface area (Å²) in [5, 5.41) is 24.0. The number of nitrogens with one attached hydrogen (secondary N) is 5. The molecule has 0 aliphatic carbocycles. The predicted molar refractivity (Wildman–Crippen MR) is 480 cm³/mol. The van der Waals surface area contributed by atoms with E-state index in [-0.39, 0.29) is 55.3 Å². The van der Waals surface area contributed by atoms with Crippen molar-refractivity contribution in [2.24, 2.45) is 0 Å². The van der Waals surface area contributed by atoms with Crippen LogP contribution in [0.3, 0.4) is 0 Å². The lowest BCUT2D eigenvalue weighted by Gasteiger charge is -2.12. The number of hydrogen-bond acceptors (Lipinski definition) is 18. The maximum atomic E-state index is 12.8. The van der Waals surface area contributed by atoms with E-state index in [4.69, 9.17) is 54.1 Å². The number of ketones is 2. The summed E-state index contributed by atoms with van der Waals surface area (Å²) in [6, 6.07) is 56.4. The smallest absolute Gasteiger partial charge is 0.416 e. The normalized spacial score (nSPS) is 11.5. The molecule has 4 aromatic carbocycles. The monoisotopic (exact) mass is 1910 g/mol. The van der Waals surface area contributed by atoms with Gasteiger partial charge in [0.15, 0.2) is 11.6 Å². The third kappa shape index (κ3) is 26.9. The number of hydrogen-bond donors (Lipinski definition) is 7. The molecule has 38 heteroatoms. The van der Waals surface area contributed by atoms with Crippen molar-refractivity contribution in [1.29, 1.82) is 0 Å². The van der Waals surface area contributed by atoms with Gasteiger partial charge in [-0.3, -0.25) is 14.4 Å². The van der Waals surface area contributed by atoms with E-state index in [0.717, 1.165) is 92.5 Å². The largest absolute Gasteiger partial charge is 0.473 e. The Morgan fingerprint density at radius 3 is 1.16 bits per heavy atom. The number of aromatic amines is 5. The molecule has 0 fully saturated rings. The quantitative estimate of drug-likeness (QED) is 0.0171. The van der Waals surface area contributed by atoms with Gasteiger partial charge in [0.05, 0.1) is 34.4 Å². The van der Waals surface area contributed by atoms with Gasteiger partial charge in [-0.2, -0.15) is 52.7 Å². The van der Waals surface area contributed by atoms with Crippen LogP contribution in [0.25, 0.3) is 55.2 Å². The van der Waals surface area contributed by atoms with E-state index in [1.807, 2.05) is 60.9 Å². The van der Waals surface area contributed by atoms with Gasteiger partial charge in [-0.05, 0) is 197 Å². The zero-order chi connectivity index (χ0) is 95.8. The first-order valence-corrected chi connectivity index (χ1v) is 41.2. The van der Waals surface area contributed by atoms with Crippen LogP contribution in [0.15, 0.2) is 317 Å². The van der Waals surface area contributed by atoms with Crippen molar-refractivity contribution < 1.29 is 91.5 Å². The first kappa shape index (κ1) is 97.0. The summed E-state index contributed by atoms with van der Waals surface area (Å²) in [7, 11) is 0. The van der Waals surface area contributed by atoms with E-state index < -0.39 is 58.3 Å². The van der Waals surface area contributed by atoms with Crippen LogP contribution in [0.1, 0.15) is 115 Å². The third-order valence-electron chi connectivity index (χ3n) is 19.6. The van der Waals surface area contributed by atoms with E-state index in [2.05, 4.69) is 74.8 Å². The maximum Gasteiger partial charge on any atom is 0.416 e. The van der Waals surface area contributed by atoms with Crippen LogP contribution in [0, 0.1) is 0 Å². The number of aliphatic hydroxyl groups is 2. The summed E-state index contributed by atoms with van der Waals surface area (Å²) >= 11 is 16.3. The molecule has 15 heterocycles. The van der Waals surface area contributed by atoms with Gasteiger partial charge in [0.25, 0.3) is 5.24 Å². The lowest BCUT2D eigenvalue weighted by atomic mass is 10.0. The van der Waals surface area contributed by atoms with Gasteiger partial charge in [-0.15, -0.1) is 0 Å². The molecule has 0 spiro atoms. The summed E-state index contributed by atoms with van der Waals surface area (Å²) in [6.45, 7) is -0.473. The van der Waals surface area contributed by atoms with E-state index in [1.54, 1.807) is 129 Å². The second-order valence-electron chi connectivity index (χ2n) is 28.9. The molecule has 23 nitrogen and oxygen atoms in total. The van der Waals surface area contributed by atoms with E-state index in [0.29, 0.717) is 101 Å². The molecule has 19 rings (SSSR count). The van der Waals surface area contributed by atoms with Gasteiger partial charge < -0.3 is 49.3 Å². The molecular formula is C97H70Cl3F12N15O8. The third-order valence-corrected chi connectivity index (χ3v) is 20.3. The number of alkyl halides is 12. The van der Waals surface area contributed by atoms with Crippen molar-refractivity contribution in [1.82, 2.24) is 74.8 Å². The molecule has 1 atom stereocenters. The Morgan fingerprint density at radius 1 is 0.356 bits per heavy atom. The summed E-state index contributed by atoms with van der Waals surface area (Å²) in [4.78, 5) is 91.4. The number of H-pyrrole nitrogens is 5. The number of carbonyl (C=O) groups excluding carboxylic acids is 3. The average Bonchev–Trinajstić information content (AvgIpc) is 1.66. The van der Waals surface area contributed by atoms with Crippen LogP contribution in [0.5, 0.6) is 17.6 Å². The van der Waals surface area contributed by atoms with Crippen molar-refractivity contribution in [3.05, 3.63) is 422 Å². The van der Waals surface area contributed by atoms with Crippen LogP contribution in [0.2, 0.25) is 10.3 Å². The Labute approximate surface area is 772 Å². The van der Waals surface area contributed by atoms with Crippen molar-refractivity contribution in [3.8, 4) is 17.6 Å². The number of aromatic nitrogens is 15. The molecule has 0 amide bonds. The van der Waals surface area contributed by atoms with Gasteiger partial charge in [-0.25, -0.2) is 49.8 Å². The SMILES string of the molecule is FC(F)(F)c1cccc(COc2ccc(Cc3c[nH]c4ncccc34)cn2)c1.O=C(Cl)c1ccc(Cl)nc1.O=C(c1ccc(Cl)nc1)c1c[nH]c2ncccc12.O=C(c1ccc(OCc2cccc(C(F)(F)F)c2)nc1)c1c[nH]c2ncccc12.OC(c1ccc(OCc2cccc(C(F)(F)F)c2)nc1)c1c[nH]c2ncccc12.OCc1cccc(C(F)(F)F)c1.c1cnc2[nH]ccc2c1. The van der Waals surface area contributed by atoms with Gasteiger partial charge >= 0.3 is 24.7 Å². The van der Waals surface area contributed by atoms with Crippen LogP contribution >= 0.6 is 34.8 Å². The number of aliphatic hydroxyl groups excluding tert-OH is 2. The first-order valence-electron chi connectivity index (χ1n) is 40.0. The highest BCUT2D eigenvalue weighted by molar-refractivity contribution is 6.67. The molecule has 0 radical (unpaired) electrons. The number of benzene rings is 4. The number of nitrogens with zero attached hydrogens (tertiary/aromatic N) is 10. The second kappa shape index (κ2) is 44.6. The summed E-state index contributed by atoms with van der Waals surface area (Å²) in [6.07, 6.45) is 6.88. The van der Waals surface area contributed by atoms with Gasteiger partial charge in [-0.1, -0.05) is 77.8 Å². The second-order valence-corrected chi connectivity index (χ2v) is 30.0. The molecule has 0 saturated heterocycles. The van der Waals surface area contributed by atoms with Crippen molar-refractivity contribution >= 4 is 107 Å². The summed E-state index contributed by atoms with van der Waals surface area (Å²) in [5.74, 6) is 0.500. The summed E-state index contributed by atoms with van der Waals surface area (Å²) in [5.41, 5.74) is 7.99. The number of carbonyl (C=O) groups is 3. The molecule has 0 aliphatic rings. The van der Waals surface area contributed by atoms with Gasteiger partial charge in [0.2, 0.25) is 17.6 Å². The van der Waals surface area contributed by atoms with Crippen LogP contribution in [0.4, 0.5) is 52.7 Å². The minimum absolute atomic E-state index is 0.0182. The van der Waals surface area contributed by atoms with Gasteiger partial charge in [0.1, 0.15) is 64.5 Å². The number of ether oxygens (including phenoxy) is 3. The molecule has 0 saturated carbocycles. The number of pyridine rings is 10. The zero-order valence-electron chi connectivity index (χ0n) is 69.6. The maximum absolute atomic E-state index is 12.8. The summed E-state index contributed by atoms with van der Waals surface area (Å²) < 4.78 is 167. The standard InChI is InChI=1S/C21H16F3N3O2.C21H14F3N3O2.C21H16F3N3O.C13H8ClN3O.C8H7F3O.C7H6N2.C6H3Cl2NO/c2*22-21(23,24)15-4-1-3-13(9-15)12-29-18-7-6-14(10-26-18)19(28)17-11-27-20-16(17)5-2-8-25-20;22-21(23,24)17-4-1-3-15(10-17)13-28-19-7-6-14(11-26-19)9-16-12-27-20-18(16)5-2-8-25-20;14-11-4-3-8(6-16-11)12(18)10-7-17-13-9(10)2-1-5-15-13;9-8(10,11)7-3-1-2-6(4-7)5-12;1-2-6-3-5-9-7(6)8-4-1;7-5-2-1-4(3-9-5)6(8)10/h1-11,19,28H,12H2,(H,25,27);1-11H,12H2,(H,25,27);1-8,10-12H,9,13H2,(H,25,27);1-7H,(H,15,17);1-4,12H,5H2;1-5H,(H,8,9);1-3H. The molecule has 0 aliphatic heterocycles. The highest BCUT2D eigenvalue weighted by atomic mass is 35.5. The lowest BCUT2D eigenvalue weighted by molar-refractivity contribution is -0.138. The van der Waals surface area contributed by atoms with Crippen LogP contribution < -0.4 is 14.2 Å². The Bertz CT molecular complexity index is 7160. The fourth-order valence-electron chi connectivity index (χ4n) is 12.9. The fraction of sp³-hybridized carbons (Fsp3) is 0.103. The minimum Gasteiger partial charge on any atom is -0.473 e. The van der Waals surface area contributed by atoms with Crippen molar-refractivity contribution in [3.63, 3.8) is 0 Å². The Kier molecular flexibility index (Phi) is 32.0. The first-order chi connectivity index (χ1) is 64.8. The molecule has 0 bridgehead atoms. The molecule has 15 aromatic heterocycles. The molecule has 19 aromatic rings. The number of halogens is 15. The Morgan fingerprint density at radius 2 is 0.741 bits per heavy atom. The van der Waals surface area contributed by atoms with E-state index in [9.17, 15) is 72.2 Å². The highest BCUT2D eigenvalue weighted by Gasteiger charge is 2.34. The highest BCUT2D eigenvalue weighted by Crippen LogP contribution is 2.36. The number of fused-ring (bicyclic) bond motifs is 5. The van der Waals surface area contributed by atoms with Crippen molar-refractivity contribution in [2.45, 2.75) is 63.7 Å². The lowest BCUT2D eigenvalue weighted by Crippen LogP contribution is -2.06. The Hall–Kier alpha value is -15.6. The predicted octanol–water partition coefficient (Wildman–Crippen LogP) is 23.3. The minimum atomic E-state index is -4.41. The molecule has 7 N–H and O–H groups in total. The van der Waals surface area contributed by atoms with Gasteiger partial charge in [0, 0.05) is 178 Å². The van der Waals surface area contributed by atoms with Crippen LogP contribution in [-0.2, 0) is 57.6 Å². The zero-order valence-corrected chi connectivity index (χ0v) is 71.9. The fourth-order valence-corrected chi connectivity index (χ4v) is 13.3. The van der Waals surface area contributed by atoms with Crippen LogP contribution in [-0.4, -0.2) is 102 Å². The molecular weight excluding hydrogens is 1840 g/mol. The van der Waals surface area contributed by atoms with Crippen molar-refractivity contribution in [2.75, 3.05) is 0 Å². The molecule has 1 unspecified atom stereocenters. The molecule has 135 heavy (non-hydrogen) atoms. The number of rotatable bonds is 19. The average molecular weight is 1910 g/mol. The topological polar surface area (TPSA) is 327 Å². The van der Waals surface area contributed by atoms with E-state index in [1.165, 1.54) is 79.4 Å². The Balaban J connectivity index is 0.000000139. The van der Waals surface area contributed by atoms with E-state index >= 15 is 0 Å².